The summed E-state index contributed by atoms with van der Waals surface area (Å²) in [5, 5.41) is 4.82. The minimum Gasteiger partial charge on any atom is -0.330 e. The third kappa shape index (κ3) is 4.86. The van der Waals surface area contributed by atoms with E-state index in [2.05, 4.69) is 10.3 Å². The van der Waals surface area contributed by atoms with Crippen LogP contribution in [0.25, 0.3) is 0 Å². The lowest BCUT2D eigenvalue weighted by Crippen LogP contribution is -2.16. The highest BCUT2D eigenvalue weighted by molar-refractivity contribution is 7.91. The van der Waals surface area contributed by atoms with E-state index in [0.717, 1.165) is 5.01 Å². The number of nitrogens with zero attached hydrogens (tertiary/aromatic N) is 1. The van der Waals surface area contributed by atoms with Crippen molar-refractivity contribution in [2.45, 2.75) is 31.3 Å². The van der Waals surface area contributed by atoms with Crippen molar-refractivity contribution in [3.8, 4) is 0 Å². The summed E-state index contributed by atoms with van der Waals surface area (Å²) in [7, 11) is -3.19. The zero-order valence-corrected chi connectivity index (χ0v) is 15.3. The van der Waals surface area contributed by atoms with Crippen molar-refractivity contribution in [1.82, 2.24) is 4.98 Å². The third-order valence-electron chi connectivity index (χ3n) is 3.41. The number of aromatic nitrogens is 1. The molecule has 0 bridgehead atoms. The van der Waals surface area contributed by atoms with Crippen LogP contribution in [0.2, 0.25) is 0 Å². The molecule has 0 saturated heterocycles. The van der Waals surface area contributed by atoms with Gasteiger partial charge in [0.2, 0.25) is 0 Å². The van der Waals surface area contributed by atoms with Gasteiger partial charge >= 0.3 is 0 Å². The van der Waals surface area contributed by atoms with Gasteiger partial charge in [0.15, 0.2) is 9.84 Å². The van der Waals surface area contributed by atoms with E-state index in [9.17, 15) is 13.2 Å². The number of sulfone groups is 1. The molecule has 1 aromatic heterocycles. The number of nitrogens with two attached hydrogens (primary N) is 1. The van der Waals surface area contributed by atoms with Crippen LogP contribution in [-0.2, 0) is 22.0 Å². The summed E-state index contributed by atoms with van der Waals surface area (Å²) in [5.41, 5.74) is 7.00. The molecule has 0 aliphatic carbocycles. The summed E-state index contributed by atoms with van der Waals surface area (Å²) in [4.78, 5) is 16.5. The molecule has 0 aliphatic rings. The Morgan fingerprint density at radius 1 is 1.38 bits per heavy atom. The Morgan fingerprint density at radius 2 is 2.12 bits per heavy atom. The quantitative estimate of drug-likeness (QED) is 0.781. The van der Waals surface area contributed by atoms with Gasteiger partial charge < -0.3 is 11.1 Å². The Kier molecular flexibility index (Phi) is 6.09. The van der Waals surface area contributed by atoms with Gasteiger partial charge in [-0.3, -0.25) is 4.79 Å². The molecule has 1 heterocycles. The van der Waals surface area contributed by atoms with Gasteiger partial charge in [-0.2, -0.15) is 0 Å². The van der Waals surface area contributed by atoms with E-state index in [-0.39, 0.29) is 11.7 Å². The Balaban J connectivity index is 2.09. The Bertz CT molecular complexity index is 813. The van der Waals surface area contributed by atoms with Crippen molar-refractivity contribution in [3.63, 3.8) is 0 Å². The normalized spacial score (nSPS) is 11.7. The maximum absolute atomic E-state index is 12.2. The zero-order chi connectivity index (χ0) is 17.7. The number of anilines is 1. The molecule has 8 heteroatoms. The van der Waals surface area contributed by atoms with Crippen molar-refractivity contribution >= 4 is 32.8 Å². The molecular formula is C16H21N3O3S2. The van der Waals surface area contributed by atoms with E-state index in [1.165, 1.54) is 11.3 Å². The number of carbonyl (C=O) groups is 1. The molecule has 2 rings (SSSR count). The van der Waals surface area contributed by atoms with Crippen LogP contribution in [0.5, 0.6) is 0 Å². The smallest absolute Gasteiger partial charge is 0.275 e. The second kappa shape index (κ2) is 7.87. The monoisotopic (exact) mass is 367 g/mol. The highest BCUT2D eigenvalue weighted by Gasteiger charge is 2.17. The van der Waals surface area contributed by atoms with E-state index in [1.807, 2.05) is 0 Å². The first kappa shape index (κ1) is 18.6. The molecule has 0 spiro atoms. The molecule has 0 unspecified atom stereocenters. The molecule has 2 aromatic rings. The maximum Gasteiger partial charge on any atom is 0.275 e. The van der Waals surface area contributed by atoms with Crippen LogP contribution in [0.1, 0.15) is 34.9 Å². The van der Waals surface area contributed by atoms with Crippen LogP contribution < -0.4 is 11.1 Å². The minimum absolute atomic E-state index is 0.0499. The SMILES string of the molecule is CC(C)S(=O)(=O)Cc1cccc(NC(=O)c2csc(CCN)n2)c1. The van der Waals surface area contributed by atoms with Crippen LogP contribution in [0.15, 0.2) is 29.6 Å². The number of hydrogen-bond donors (Lipinski definition) is 2. The van der Waals surface area contributed by atoms with Crippen LogP contribution in [-0.4, -0.2) is 31.1 Å². The van der Waals surface area contributed by atoms with Crippen LogP contribution in [0.4, 0.5) is 5.69 Å². The molecule has 0 fully saturated rings. The van der Waals surface area contributed by atoms with Gasteiger partial charge in [0.05, 0.1) is 16.0 Å². The van der Waals surface area contributed by atoms with Crippen molar-refractivity contribution in [3.05, 3.63) is 45.9 Å². The van der Waals surface area contributed by atoms with Crippen molar-refractivity contribution in [2.75, 3.05) is 11.9 Å². The predicted molar refractivity (Wildman–Crippen MR) is 97.0 cm³/mol. The molecule has 0 atom stereocenters. The average Bonchev–Trinajstić information content (AvgIpc) is 2.96. The van der Waals surface area contributed by atoms with E-state index in [4.69, 9.17) is 5.73 Å². The van der Waals surface area contributed by atoms with Crippen LogP contribution in [0, 0.1) is 0 Å². The number of thiazole rings is 1. The molecule has 130 valence electrons. The topological polar surface area (TPSA) is 102 Å². The number of nitrogens with one attached hydrogen (secondary N) is 1. The molecule has 24 heavy (non-hydrogen) atoms. The average molecular weight is 367 g/mol. The van der Waals surface area contributed by atoms with Gasteiger partial charge in [0.25, 0.3) is 5.91 Å². The van der Waals surface area contributed by atoms with Crippen molar-refractivity contribution < 1.29 is 13.2 Å². The largest absolute Gasteiger partial charge is 0.330 e. The lowest BCUT2D eigenvalue weighted by Gasteiger charge is -2.09. The van der Waals surface area contributed by atoms with Crippen molar-refractivity contribution in [1.29, 1.82) is 0 Å². The number of benzene rings is 1. The van der Waals surface area contributed by atoms with E-state index < -0.39 is 15.1 Å². The van der Waals surface area contributed by atoms with Gasteiger partial charge in [0.1, 0.15) is 5.69 Å². The highest BCUT2D eigenvalue weighted by Crippen LogP contribution is 2.17. The van der Waals surface area contributed by atoms with Gasteiger partial charge in [-0.05, 0) is 38.1 Å². The first-order chi connectivity index (χ1) is 11.3. The van der Waals surface area contributed by atoms with Gasteiger partial charge in [-0.15, -0.1) is 11.3 Å². The van der Waals surface area contributed by atoms with Gasteiger partial charge in [0, 0.05) is 17.5 Å². The molecule has 3 N–H and O–H groups in total. The molecule has 0 aliphatic heterocycles. The number of carbonyl (C=O) groups excluding carboxylic acids is 1. The number of hydrogen-bond acceptors (Lipinski definition) is 6. The number of amides is 1. The third-order valence-corrected chi connectivity index (χ3v) is 6.49. The molecule has 1 aromatic carbocycles. The lowest BCUT2D eigenvalue weighted by atomic mass is 10.2. The van der Waals surface area contributed by atoms with Gasteiger partial charge in [-0.1, -0.05) is 12.1 Å². The molecule has 6 nitrogen and oxygen atoms in total. The fourth-order valence-corrected chi connectivity index (χ4v) is 3.76. The number of rotatable bonds is 7. The lowest BCUT2D eigenvalue weighted by molar-refractivity contribution is 0.102. The Labute approximate surface area is 146 Å². The second-order valence-electron chi connectivity index (χ2n) is 5.68. The van der Waals surface area contributed by atoms with E-state index >= 15 is 0 Å². The Morgan fingerprint density at radius 3 is 2.79 bits per heavy atom. The zero-order valence-electron chi connectivity index (χ0n) is 13.7. The summed E-state index contributed by atoms with van der Waals surface area (Å²) in [6.07, 6.45) is 0.639. The molecule has 0 radical (unpaired) electrons. The summed E-state index contributed by atoms with van der Waals surface area (Å²) in [5.74, 6) is -0.371. The van der Waals surface area contributed by atoms with Gasteiger partial charge in [-0.25, -0.2) is 13.4 Å². The second-order valence-corrected chi connectivity index (χ2v) is 9.18. The first-order valence-corrected chi connectivity index (χ1v) is 10.2. The first-order valence-electron chi connectivity index (χ1n) is 7.58. The Hall–Kier alpha value is -1.77. The minimum atomic E-state index is -3.19. The summed E-state index contributed by atoms with van der Waals surface area (Å²) in [6.45, 7) is 3.80. The molecular weight excluding hydrogens is 346 g/mol. The maximum atomic E-state index is 12.2. The molecule has 1 amide bonds. The predicted octanol–water partition coefficient (Wildman–Crippen LogP) is 2.22. The standard InChI is InChI=1S/C16H21N3O3S2/c1-11(2)24(21,22)10-12-4-3-5-13(8-12)18-16(20)14-9-23-15(19-14)6-7-17/h3-5,8-9,11H,6-7,10,17H2,1-2H3,(H,18,20). The summed E-state index contributed by atoms with van der Waals surface area (Å²) >= 11 is 1.40. The summed E-state index contributed by atoms with van der Waals surface area (Å²) < 4.78 is 24.0. The van der Waals surface area contributed by atoms with E-state index in [0.29, 0.717) is 29.9 Å². The molecule has 0 saturated carbocycles. The fraction of sp³-hybridized carbons (Fsp3) is 0.375. The van der Waals surface area contributed by atoms with Crippen LogP contribution >= 0.6 is 11.3 Å². The highest BCUT2D eigenvalue weighted by atomic mass is 32.2. The van der Waals surface area contributed by atoms with E-state index in [1.54, 1.807) is 43.5 Å². The van der Waals surface area contributed by atoms with Crippen molar-refractivity contribution in [2.24, 2.45) is 5.73 Å². The van der Waals surface area contributed by atoms with Crippen LogP contribution in [0.3, 0.4) is 0 Å². The summed E-state index contributed by atoms with van der Waals surface area (Å²) in [6, 6.07) is 6.85. The fourth-order valence-electron chi connectivity index (χ4n) is 1.99.